The van der Waals surface area contributed by atoms with Crippen LogP contribution in [-0.4, -0.2) is 32.3 Å². The van der Waals surface area contributed by atoms with E-state index in [1.165, 1.54) is 33.7 Å². The minimum Gasteiger partial charge on any atom is -0.125 e. The maximum atomic E-state index is 2.36. The Morgan fingerprint density at radius 1 is 1.22 bits per heavy atom. The van der Waals surface area contributed by atoms with Crippen molar-refractivity contribution in [2.24, 2.45) is 0 Å². The van der Waals surface area contributed by atoms with Crippen molar-refractivity contribution < 1.29 is 0 Å². The van der Waals surface area contributed by atoms with E-state index in [0.29, 0.717) is 7.92 Å². The van der Waals surface area contributed by atoms with Crippen molar-refractivity contribution in [2.75, 3.05) is 32.3 Å². The molecule has 9 heavy (non-hydrogen) atoms. The van der Waals surface area contributed by atoms with E-state index in [1.54, 1.807) is 0 Å². The lowest BCUT2D eigenvalue weighted by Gasteiger charge is -2.02. The molecule has 0 aromatic heterocycles. The van der Waals surface area contributed by atoms with Crippen molar-refractivity contribution in [3.63, 3.8) is 0 Å². The molecule has 1 atom stereocenters. The maximum absolute atomic E-state index is 2.36. The highest BCUT2D eigenvalue weighted by Gasteiger charge is 1.90. The average Bonchev–Trinajstić information content (AvgIpc) is 1.80. The summed E-state index contributed by atoms with van der Waals surface area (Å²) in [7, 11) is 1.55. The minimum atomic E-state index is 0.386. The van der Waals surface area contributed by atoms with Gasteiger partial charge in [0, 0.05) is 0 Å². The minimum absolute atomic E-state index is 0.386. The number of rotatable bonds is 5. The molecule has 0 radical (unpaired) electrons. The van der Waals surface area contributed by atoms with Crippen LogP contribution in [0.3, 0.4) is 0 Å². The molecule has 0 bridgehead atoms. The average molecular weight is 164 g/mol. The highest BCUT2D eigenvalue weighted by molar-refractivity contribution is 7.55. The van der Waals surface area contributed by atoms with Crippen LogP contribution in [0, 0.1) is 0 Å². The van der Waals surface area contributed by atoms with Gasteiger partial charge in [-0.2, -0.15) is 0 Å². The van der Waals surface area contributed by atoms with Gasteiger partial charge in [0.2, 0.25) is 0 Å². The molecule has 0 saturated heterocycles. The Hall–Kier alpha value is 0.860. The van der Waals surface area contributed by atoms with E-state index in [1.807, 2.05) is 0 Å². The van der Waals surface area contributed by atoms with E-state index < -0.39 is 0 Å². The first-order valence-corrected chi connectivity index (χ1v) is 7.69. The van der Waals surface area contributed by atoms with E-state index in [0.717, 1.165) is 0 Å². The van der Waals surface area contributed by atoms with Crippen molar-refractivity contribution in [2.45, 2.75) is 12.8 Å². The highest BCUT2D eigenvalue weighted by Crippen LogP contribution is 2.25. The van der Waals surface area contributed by atoms with Crippen LogP contribution in [-0.2, 0) is 0 Å². The molecule has 56 valence electrons. The summed E-state index contributed by atoms with van der Waals surface area (Å²) in [5.41, 5.74) is 0. The van der Waals surface area contributed by atoms with Gasteiger partial charge in [-0.1, -0.05) is 0 Å². The summed E-state index contributed by atoms with van der Waals surface area (Å²) < 4.78 is 0. The molecule has 0 spiro atoms. The monoisotopic (exact) mass is 164 g/mol. The summed E-state index contributed by atoms with van der Waals surface area (Å²) in [6, 6.07) is 0. The molecule has 0 N–H and O–H groups in total. The summed E-state index contributed by atoms with van der Waals surface area (Å²) in [5.74, 6) is 0. The molecule has 0 heterocycles. The highest BCUT2D eigenvalue weighted by atomic mass is 31.1. The summed E-state index contributed by atoms with van der Waals surface area (Å²) >= 11 is 0. The normalized spacial score (nSPS) is 12.0. The predicted octanol–water partition coefficient (Wildman–Crippen LogP) is 2.82. The van der Waals surface area contributed by atoms with Gasteiger partial charge in [-0.3, -0.25) is 0 Å². The molecule has 1 unspecified atom stereocenters. The zero-order chi connectivity index (χ0) is 7.11. The molecular formula is C7H18P2. The SMILES string of the molecule is CPCCCCP(C)C. The maximum Gasteiger partial charge on any atom is -0.0331 e. The first-order chi connectivity index (χ1) is 4.27. The second-order valence-electron chi connectivity index (χ2n) is 2.61. The van der Waals surface area contributed by atoms with Crippen molar-refractivity contribution >= 4 is 16.5 Å². The van der Waals surface area contributed by atoms with Crippen LogP contribution in [0.4, 0.5) is 0 Å². The fourth-order valence-corrected chi connectivity index (χ4v) is 2.19. The van der Waals surface area contributed by atoms with Crippen LogP contribution in [0.2, 0.25) is 0 Å². The Bertz CT molecular complexity index is 52.9. The van der Waals surface area contributed by atoms with Gasteiger partial charge in [-0.05, 0) is 45.2 Å². The lowest BCUT2D eigenvalue weighted by Crippen LogP contribution is -1.83. The van der Waals surface area contributed by atoms with Gasteiger partial charge in [-0.25, -0.2) is 0 Å². The molecule has 0 nitrogen and oxygen atoms in total. The zero-order valence-electron chi connectivity index (χ0n) is 6.78. The van der Waals surface area contributed by atoms with Gasteiger partial charge in [0.1, 0.15) is 0 Å². The van der Waals surface area contributed by atoms with Crippen LogP contribution < -0.4 is 0 Å². The Morgan fingerprint density at radius 2 is 1.89 bits per heavy atom. The molecular weight excluding hydrogens is 146 g/mol. The van der Waals surface area contributed by atoms with Gasteiger partial charge in [0.05, 0.1) is 0 Å². The van der Waals surface area contributed by atoms with Crippen LogP contribution in [0.25, 0.3) is 0 Å². The van der Waals surface area contributed by atoms with E-state index in [2.05, 4.69) is 20.0 Å². The molecule has 2 heteroatoms. The standard InChI is InChI=1S/C7H18P2/c1-8-6-4-5-7-9(2)3/h8H,4-7H2,1-3H3. The molecule has 0 rings (SSSR count). The molecule has 0 fully saturated rings. The first-order valence-electron chi connectivity index (χ1n) is 3.56. The second kappa shape index (κ2) is 6.97. The Labute approximate surface area is 62.3 Å². The molecule has 0 aliphatic heterocycles. The van der Waals surface area contributed by atoms with Gasteiger partial charge in [-0.15, -0.1) is 16.5 Å². The van der Waals surface area contributed by atoms with Gasteiger partial charge in [0.25, 0.3) is 0 Å². The molecule has 0 amide bonds. The topological polar surface area (TPSA) is 0 Å². The van der Waals surface area contributed by atoms with Crippen LogP contribution in [0.5, 0.6) is 0 Å². The predicted molar refractivity (Wildman–Crippen MR) is 52.0 cm³/mol. The Balaban J connectivity index is 2.75. The number of hydrogen-bond acceptors (Lipinski definition) is 0. The third-order valence-electron chi connectivity index (χ3n) is 1.28. The van der Waals surface area contributed by atoms with E-state index >= 15 is 0 Å². The van der Waals surface area contributed by atoms with Crippen LogP contribution in [0.15, 0.2) is 0 Å². The van der Waals surface area contributed by atoms with E-state index in [9.17, 15) is 0 Å². The summed E-state index contributed by atoms with van der Waals surface area (Å²) in [6.45, 7) is 7.02. The van der Waals surface area contributed by atoms with Crippen molar-refractivity contribution in [3.05, 3.63) is 0 Å². The van der Waals surface area contributed by atoms with Crippen LogP contribution >= 0.6 is 16.5 Å². The molecule has 0 aromatic carbocycles. The summed E-state index contributed by atoms with van der Waals surface area (Å²) in [5, 5.41) is 0. The summed E-state index contributed by atoms with van der Waals surface area (Å²) in [4.78, 5) is 0. The number of hydrogen-bond donors (Lipinski definition) is 0. The first kappa shape index (κ1) is 9.86. The number of unbranched alkanes of at least 4 members (excludes halogenated alkanes) is 1. The molecule has 0 aliphatic rings. The third kappa shape index (κ3) is 8.86. The van der Waals surface area contributed by atoms with Crippen molar-refractivity contribution in [3.8, 4) is 0 Å². The van der Waals surface area contributed by atoms with Gasteiger partial charge in [0.15, 0.2) is 0 Å². The van der Waals surface area contributed by atoms with Gasteiger partial charge >= 0.3 is 0 Å². The molecule has 0 aliphatic carbocycles. The third-order valence-corrected chi connectivity index (χ3v) is 3.35. The lowest BCUT2D eigenvalue weighted by atomic mass is 10.4. The second-order valence-corrected chi connectivity index (χ2v) is 6.43. The molecule has 0 saturated carbocycles. The zero-order valence-corrected chi connectivity index (χ0v) is 8.67. The quantitative estimate of drug-likeness (QED) is 0.433. The Kier molecular flexibility index (Phi) is 7.64. The smallest absolute Gasteiger partial charge is 0.0331 e. The van der Waals surface area contributed by atoms with E-state index in [-0.39, 0.29) is 0 Å². The largest absolute Gasteiger partial charge is 0.125 e. The summed E-state index contributed by atoms with van der Waals surface area (Å²) in [6.07, 6.45) is 5.89. The lowest BCUT2D eigenvalue weighted by molar-refractivity contribution is 0.901. The molecule has 0 aromatic rings. The van der Waals surface area contributed by atoms with Crippen molar-refractivity contribution in [1.29, 1.82) is 0 Å². The fraction of sp³-hybridized carbons (Fsp3) is 1.00. The fourth-order valence-electron chi connectivity index (χ4n) is 0.730. The van der Waals surface area contributed by atoms with Crippen molar-refractivity contribution in [1.82, 2.24) is 0 Å². The van der Waals surface area contributed by atoms with Gasteiger partial charge < -0.3 is 0 Å². The van der Waals surface area contributed by atoms with E-state index in [4.69, 9.17) is 0 Å². The van der Waals surface area contributed by atoms with Crippen LogP contribution in [0.1, 0.15) is 12.8 Å². The Morgan fingerprint density at radius 3 is 2.33 bits per heavy atom.